The average Bonchev–Trinajstić information content (AvgIpc) is 3.40. The molecule has 0 radical (unpaired) electrons. The normalized spacial score (nSPS) is 27.3. The summed E-state index contributed by atoms with van der Waals surface area (Å²) in [5.74, 6) is -1.05. The fourth-order valence-electron chi connectivity index (χ4n) is 5.85. The highest BCUT2D eigenvalue weighted by Gasteiger charge is 2.57. The van der Waals surface area contributed by atoms with Gasteiger partial charge in [0.25, 0.3) is 0 Å². The van der Waals surface area contributed by atoms with Gasteiger partial charge in [-0.3, -0.25) is 9.69 Å². The molecule has 2 amide bonds. The quantitative estimate of drug-likeness (QED) is 0.172. The summed E-state index contributed by atoms with van der Waals surface area (Å²) in [6.07, 6.45) is 4.68. The third-order valence-corrected chi connectivity index (χ3v) is 11.1. The number of esters is 1. The number of amides is 2. The molecule has 4 rings (SSSR count). The van der Waals surface area contributed by atoms with Gasteiger partial charge in [-0.15, -0.1) is 0 Å². The molecule has 4 heterocycles. The second-order valence-corrected chi connectivity index (χ2v) is 13.0. The molecular formula is C30H40N2O7Si. The van der Waals surface area contributed by atoms with Crippen LogP contribution in [-0.4, -0.2) is 88.0 Å². The van der Waals surface area contributed by atoms with E-state index in [1.165, 1.54) is 28.5 Å². The van der Waals surface area contributed by atoms with Crippen molar-refractivity contribution in [2.75, 3.05) is 33.0 Å². The number of morpholine rings is 1. The van der Waals surface area contributed by atoms with Crippen LogP contribution < -0.4 is 0 Å². The number of β-lactam (4-membered cyclic amide) rings is 1. The second kappa shape index (κ2) is 12.5. The molecule has 5 atom stereocenters. The summed E-state index contributed by atoms with van der Waals surface area (Å²) in [5, 5.41) is 1.29. The Bertz CT molecular complexity index is 1220. The SMILES string of the molecule is C=CCOC(=O)C1=C(C(C)=C[C@@H]2COCCN2C(=O)OCC=C)C[C@@H]2[C@@H]([C@@H](C)O[SiH]3C=C(C)C(C)=C3C)C(=O)N12. The lowest BCUT2D eigenvalue weighted by molar-refractivity contribution is -0.161. The molecule has 2 fully saturated rings. The molecule has 0 aromatic carbocycles. The van der Waals surface area contributed by atoms with Gasteiger partial charge in [0.15, 0.2) is 0 Å². The summed E-state index contributed by atoms with van der Waals surface area (Å²) in [7, 11) is -1.74. The van der Waals surface area contributed by atoms with Crippen LogP contribution in [-0.2, 0) is 28.2 Å². The van der Waals surface area contributed by atoms with Gasteiger partial charge in [-0.05, 0) is 52.2 Å². The minimum absolute atomic E-state index is 0.0390. The van der Waals surface area contributed by atoms with Crippen molar-refractivity contribution in [3.8, 4) is 0 Å². The molecule has 40 heavy (non-hydrogen) atoms. The van der Waals surface area contributed by atoms with Crippen molar-refractivity contribution in [2.45, 2.75) is 59.2 Å². The molecular weight excluding hydrogens is 528 g/mol. The molecule has 0 N–H and O–H groups in total. The maximum atomic E-state index is 13.5. The van der Waals surface area contributed by atoms with E-state index < -0.39 is 21.1 Å². The lowest BCUT2D eigenvalue weighted by atomic mass is 9.82. The summed E-state index contributed by atoms with van der Waals surface area (Å²) in [5.41, 5.74) is 6.52. The highest BCUT2D eigenvalue weighted by Crippen LogP contribution is 2.47. The van der Waals surface area contributed by atoms with Crippen LogP contribution in [0.4, 0.5) is 4.79 Å². The van der Waals surface area contributed by atoms with Crippen LogP contribution in [0.15, 0.2) is 70.3 Å². The topological polar surface area (TPSA) is 94.6 Å². The van der Waals surface area contributed by atoms with Gasteiger partial charge >= 0.3 is 12.1 Å². The van der Waals surface area contributed by atoms with E-state index in [0.717, 1.165) is 11.1 Å². The number of hydrogen-bond donors (Lipinski definition) is 0. The summed E-state index contributed by atoms with van der Waals surface area (Å²) in [6, 6.07) is -0.582. The fraction of sp³-hybridized carbons (Fsp3) is 0.500. The van der Waals surface area contributed by atoms with Gasteiger partial charge in [0.1, 0.15) is 18.9 Å². The summed E-state index contributed by atoms with van der Waals surface area (Å²) in [6.45, 7) is 18.6. The van der Waals surface area contributed by atoms with Crippen LogP contribution >= 0.6 is 0 Å². The van der Waals surface area contributed by atoms with E-state index in [2.05, 4.69) is 39.6 Å². The van der Waals surface area contributed by atoms with Crippen molar-refractivity contribution >= 4 is 27.0 Å². The number of rotatable bonds is 10. The van der Waals surface area contributed by atoms with Gasteiger partial charge in [0.2, 0.25) is 14.9 Å². The summed E-state index contributed by atoms with van der Waals surface area (Å²) >= 11 is 0. The van der Waals surface area contributed by atoms with Crippen LogP contribution in [0.5, 0.6) is 0 Å². The zero-order chi connectivity index (χ0) is 29.1. The highest BCUT2D eigenvalue weighted by molar-refractivity contribution is 6.67. The number of carbonyl (C=O) groups excluding carboxylic acids is 3. The second-order valence-electron chi connectivity index (χ2n) is 10.7. The van der Waals surface area contributed by atoms with Gasteiger partial charge < -0.3 is 23.5 Å². The Morgan fingerprint density at radius 3 is 2.55 bits per heavy atom. The zero-order valence-electron chi connectivity index (χ0n) is 24.1. The fourth-order valence-corrected chi connectivity index (χ4v) is 8.37. The molecule has 2 saturated heterocycles. The Kier molecular flexibility index (Phi) is 9.32. The smallest absolute Gasteiger partial charge is 0.410 e. The maximum absolute atomic E-state index is 13.5. The van der Waals surface area contributed by atoms with Gasteiger partial charge in [-0.25, -0.2) is 9.59 Å². The van der Waals surface area contributed by atoms with Crippen molar-refractivity contribution < 1.29 is 33.0 Å². The molecule has 4 aliphatic heterocycles. The molecule has 4 aliphatic rings. The number of fused-ring (bicyclic) bond motifs is 1. The third-order valence-electron chi connectivity index (χ3n) is 8.26. The summed E-state index contributed by atoms with van der Waals surface area (Å²) < 4.78 is 22.8. The van der Waals surface area contributed by atoms with Crippen LogP contribution in [0.1, 0.15) is 41.0 Å². The molecule has 0 saturated carbocycles. The first-order valence-corrected chi connectivity index (χ1v) is 15.5. The molecule has 1 unspecified atom stereocenters. The minimum Gasteiger partial charge on any atom is -0.457 e. The van der Waals surface area contributed by atoms with Crippen molar-refractivity contribution in [3.05, 3.63) is 70.3 Å². The minimum atomic E-state index is -1.74. The Hall–Kier alpha value is -3.21. The van der Waals surface area contributed by atoms with E-state index in [1.807, 2.05) is 19.9 Å². The average molecular weight is 569 g/mol. The largest absolute Gasteiger partial charge is 0.457 e. The van der Waals surface area contributed by atoms with E-state index >= 15 is 0 Å². The number of nitrogens with zero attached hydrogens (tertiary/aromatic N) is 2. The first kappa shape index (κ1) is 29.8. The zero-order valence-corrected chi connectivity index (χ0v) is 25.3. The molecule has 0 aromatic heterocycles. The number of hydrogen-bond acceptors (Lipinski definition) is 7. The van der Waals surface area contributed by atoms with Crippen molar-refractivity contribution in [2.24, 2.45) is 5.92 Å². The Morgan fingerprint density at radius 2 is 1.90 bits per heavy atom. The van der Waals surface area contributed by atoms with Gasteiger partial charge in [-0.1, -0.05) is 53.4 Å². The lowest BCUT2D eigenvalue weighted by Gasteiger charge is -2.46. The van der Waals surface area contributed by atoms with Crippen molar-refractivity contribution in [3.63, 3.8) is 0 Å². The first-order valence-electron chi connectivity index (χ1n) is 13.8. The first-order chi connectivity index (χ1) is 19.1. The van der Waals surface area contributed by atoms with E-state index in [-0.39, 0.29) is 48.9 Å². The van der Waals surface area contributed by atoms with Crippen LogP contribution in [0.25, 0.3) is 0 Å². The number of allylic oxidation sites excluding steroid dienone is 4. The Balaban J connectivity index is 1.58. The standard InChI is InChI=1S/C30H40N2O7Si/c1-8-11-37-29(34)27-24(18(3)14-23-16-36-13-10-31(23)30(35)38-12-9-2)15-25-26(28(33)32(25)27)21(6)39-40-17-19(4)20(5)22(40)7/h8-9,14,17,21,23,25-26,40H,1-2,10-13,15-16H2,3-7H3/t21-,23-,25-,26-,40?/m1/s1. The molecule has 0 spiro atoms. The molecule has 216 valence electrons. The van der Waals surface area contributed by atoms with E-state index in [1.54, 1.807) is 9.80 Å². The van der Waals surface area contributed by atoms with Crippen LogP contribution in [0.3, 0.4) is 0 Å². The predicted molar refractivity (Wildman–Crippen MR) is 153 cm³/mol. The number of carbonyl (C=O) groups is 3. The van der Waals surface area contributed by atoms with Gasteiger partial charge in [0.05, 0.1) is 37.3 Å². The Morgan fingerprint density at radius 1 is 1.20 bits per heavy atom. The van der Waals surface area contributed by atoms with E-state index in [0.29, 0.717) is 26.2 Å². The monoisotopic (exact) mass is 568 g/mol. The van der Waals surface area contributed by atoms with E-state index in [4.69, 9.17) is 18.6 Å². The molecule has 0 aromatic rings. The lowest BCUT2D eigenvalue weighted by Crippen LogP contribution is -2.62. The van der Waals surface area contributed by atoms with Crippen LogP contribution in [0.2, 0.25) is 0 Å². The maximum Gasteiger partial charge on any atom is 0.410 e. The predicted octanol–water partition coefficient (Wildman–Crippen LogP) is 3.67. The summed E-state index contributed by atoms with van der Waals surface area (Å²) in [4.78, 5) is 42.5. The van der Waals surface area contributed by atoms with Crippen molar-refractivity contribution in [1.82, 2.24) is 9.80 Å². The molecule has 0 aliphatic carbocycles. The van der Waals surface area contributed by atoms with Gasteiger partial charge in [-0.2, -0.15) is 0 Å². The van der Waals surface area contributed by atoms with Gasteiger partial charge in [0, 0.05) is 6.54 Å². The number of ether oxygens (including phenoxy) is 3. The highest BCUT2D eigenvalue weighted by atomic mass is 28.3. The van der Waals surface area contributed by atoms with Crippen molar-refractivity contribution in [1.29, 1.82) is 0 Å². The molecule has 10 heteroatoms. The molecule has 0 bridgehead atoms. The van der Waals surface area contributed by atoms with E-state index in [9.17, 15) is 14.4 Å². The Labute approximate surface area is 238 Å². The molecule has 9 nitrogen and oxygen atoms in total. The third kappa shape index (κ3) is 5.66. The van der Waals surface area contributed by atoms with Crippen LogP contribution in [0, 0.1) is 5.92 Å².